The molecular weight excluding hydrogens is 480 g/mol. The van der Waals surface area contributed by atoms with E-state index >= 15 is 0 Å². The number of hydrogen-bond acceptors (Lipinski definition) is 8. The number of carbonyl (C=O) groups excluding carboxylic acids is 2. The highest BCUT2D eigenvalue weighted by Gasteiger charge is 2.48. The van der Waals surface area contributed by atoms with E-state index in [1.54, 1.807) is 0 Å². The molecule has 37 heavy (non-hydrogen) atoms. The van der Waals surface area contributed by atoms with Crippen LogP contribution in [0.4, 0.5) is 0 Å². The maximum atomic E-state index is 12.8. The molecule has 0 saturated carbocycles. The fourth-order valence-electron chi connectivity index (χ4n) is 4.67. The van der Waals surface area contributed by atoms with Crippen LogP contribution in [0, 0.1) is 5.92 Å². The lowest BCUT2D eigenvalue weighted by molar-refractivity contribution is -0.301. The lowest BCUT2D eigenvalue weighted by Gasteiger charge is -2.47. The molecule has 7 atom stereocenters. The predicted octanol–water partition coefficient (Wildman–Crippen LogP) is 2.29. The van der Waals surface area contributed by atoms with E-state index in [4.69, 9.17) is 18.9 Å². The van der Waals surface area contributed by atoms with Crippen LogP contribution in [0.2, 0.25) is 0 Å². The number of amides is 2. The fraction of sp³-hybridized carbons (Fsp3) is 0.926. The zero-order valence-corrected chi connectivity index (χ0v) is 24.2. The predicted molar refractivity (Wildman–Crippen MR) is 141 cm³/mol. The van der Waals surface area contributed by atoms with E-state index in [9.17, 15) is 19.8 Å². The summed E-state index contributed by atoms with van der Waals surface area (Å²) < 4.78 is 23.3. The second-order valence-corrected chi connectivity index (χ2v) is 10.8. The van der Waals surface area contributed by atoms with Gasteiger partial charge in [0.15, 0.2) is 6.29 Å². The molecule has 2 amide bonds. The van der Waals surface area contributed by atoms with Crippen LogP contribution in [0.1, 0.15) is 87.0 Å². The largest absolute Gasteiger partial charge is 0.388 e. The molecule has 1 saturated heterocycles. The summed E-state index contributed by atoms with van der Waals surface area (Å²) in [6.45, 7) is 14.6. The summed E-state index contributed by atoms with van der Waals surface area (Å²) >= 11 is 0. The molecule has 1 rings (SSSR count). The zero-order valence-electron chi connectivity index (χ0n) is 24.2. The van der Waals surface area contributed by atoms with E-state index in [1.807, 2.05) is 27.7 Å². The highest BCUT2D eigenvalue weighted by atomic mass is 16.7. The van der Waals surface area contributed by atoms with Crippen LogP contribution in [0.25, 0.3) is 0 Å². The van der Waals surface area contributed by atoms with E-state index in [0.717, 1.165) is 12.8 Å². The Kier molecular flexibility index (Phi) is 14.5. The molecule has 0 spiro atoms. The van der Waals surface area contributed by atoms with Crippen molar-refractivity contribution in [2.45, 2.75) is 129 Å². The van der Waals surface area contributed by atoms with Gasteiger partial charge in [-0.2, -0.15) is 0 Å². The molecule has 1 aliphatic rings. The fourth-order valence-corrected chi connectivity index (χ4v) is 4.67. The van der Waals surface area contributed by atoms with E-state index in [2.05, 4.69) is 24.5 Å². The van der Waals surface area contributed by atoms with Crippen LogP contribution in [0.3, 0.4) is 0 Å². The molecule has 10 heteroatoms. The second-order valence-electron chi connectivity index (χ2n) is 10.8. The Hall–Kier alpha value is -1.30. The quantitative estimate of drug-likeness (QED) is 0.210. The Morgan fingerprint density at radius 3 is 2.22 bits per heavy atom. The SMILES string of the molecule is CCC(CC)COCCC(=O)NC(C)(CC)CC(C)(CC)OC1OC(COC)C(O)C(O)C1NC(C)=O. The molecule has 10 nitrogen and oxygen atoms in total. The van der Waals surface area contributed by atoms with Gasteiger partial charge in [0.1, 0.15) is 24.4 Å². The van der Waals surface area contributed by atoms with Gasteiger partial charge in [-0.1, -0.05) is 40.5 Å². The maximum absolute atomic E-state index is 12.8. The Balaban J connectivity index is 2.91. The van der Waals surface area contributed by atoms with Gasteiger partial charge >= 0.3 is 0 Å². The number of aliphatic hydroxyl groups excluding tert-OH is 2. The highest BCUT2D eigenvalue weighted by molar-refractivity contribution is 5.76. The van der Waals surface area contributed by atoms with Crippen molar-refractivity contribution in [2.75, 3.05) is 26.9 Å². The van der Waals surface area contributed by atoms with Crippen LogP contribution in [-0.4, -0.2) is 90.7 Å². The van der Waals surface area contributed by atoms with Crippen molar-refractivity contribution in [3.63, 3.8) is 0 Å². The van der Waals surface area contributed by atoms with Gasteiger partial charge in [0.2, 0.25) is 11.8 Å². The molecule has 4 N–H and O–H groups in total. The molecule has 1 heterocycles. The number of carbonyl (C=O) groups is 2. The topological polar surface area (TPSA) is 136 Å². The third kappa shape index (κ3) is 10.8. The summed E-state index contributed by atoms with van der Waals surface area (Å²) in [5.41, 5.74) is -1.34. The number of hydrogen-bond donors (Lipinski definition) is 4. The molecule has 1 aliphatic heterocycles. The molecule has 0 aromatic rings. The van der Waals surface area contributed by atoms with Gasteiger partial charge in [0.25, 0.3) is 0 Å². The molecule has 0 aromatic carbocycles. The lowest BCUT2D eigenvalue weighted by Crippen LogP contribution is -2.66. The summed E-state index contributed by atoms with van der Waals surface area (Å²) in [5.74, 6) is 0.0443. The minimum atomic E-state index is -1.30. The van der Waals surface area contributed by atoms with Gasteiger partial charge in [0.05, 0.1) is 18.8 Å². The molecule has 0 bridgehead atoms. The number of ether oxygens (including phenoxy) is 4. The minimum Gasteiger partial charge on any atom is -0.388 e. The Morgan fingerprint density at radius 1 is 1.05 bits per heavy atom. The number of methoxy groups -OCH3 is 1. The summed E-state index contributed by atoms with van der Waals surface area (Å²) in [4.78, 5) is 24.6. The third-order valence-corrected chi connectivity index (χ3v) is 7.52. The van der Waals surface area contributed by atoms with Crippen LogP contribution in [0.5, 0.6) is 0 Å². The third-order valence-electron chi connectivity index (χ3n) is 7.52. The first-order valence-corrected chi connectivity index (χ1v) is 13.7. The molecule has 7 unspecified atom stereocenters. The van der Waals surface area contributed by atoms with Crippen LogP contribution in [-0.2, 0) is 28.5 Å². The van der Waals surface area contributed by atoms with Gasteiger partial charge < -0.3 is 39.8 Å². The average Bonchev–Trinajstić information content (AvgIpc) is 2.84. The van der Waals surface area contributed by atoms with Crippen molar-refractivity contribution in [1.29, 1.82) is 0 Å². The first-order valence-electron chi connectivity index (χ1n) is 13.7. The first kappa shape index (κ1) is 33.7. The maximum Gasteiger partial charge on any atom is 0.222 e. The number of aliphatic hydroxyl groups is 2. The van der Waals surface area contributed by atoms with Crippen molar-refractivity contribution >= 4 is 11.8 Å². The molecular formula is C27H52N2O8. The Bertz CT molecular complexity index is 691. The summed E-state index contributed by atoms with van der Waals surface area (Å²) in [5, 5.41) is 27.0. The molecule has 0 aromatic heterocycles. The van der Waals surface area contributed by atoms with Crippen molar-refractivity contribution in [3.8, 4) is 0 Å². The minimum absolute atomic E-state index is 0.0514. The second kappa shape index (κ2) is 16.0. The first-order chi connectivity index (χ1) is 17.4. The summed E-state index contributed by atoms with van der Waals surface area (Å²) in [6, 6.07) is -0.971. The number of rotatable bonds is 17. The van der Waals surface area contributed by atoms with Crippen molar-refractivity contribution < 1.29 is 38.7 Å². The highest BCUT2D eigenvalue weighted by Crippen LogP contribution is 2.34. The monoisotopic (exact) mass is 532 g/mol. The van der Waals surface area contributed by atoms with Crippen molar-refractivity contribution in [3.05, 3.63) is 0 Å². The summed E-state index contributed by atoms with van der Waals surface area (Å²) in [7, 11) is 1.47. The Labute approximate surface area is 223 Å². The lowest BCUT2D eigenvalue weighted by atomic mass is 9.82. The van der Waals surface area contributed by atoms with E-state index in [1.165, 1.54) is 14.0 Å². The van der Waals surface area contributed by atoms with Crippen molar-refractivity contribution in [1.82, 2.24) is 10.6 Å². The van der Waals surface area contributed by atoms with E-state index in [0.29, 0.717) is 38.4 Å². The van der Waals surface area contributed by atoms with E-state index in [-0.39, 0.29) is 24.8 Å². The van der Waals surface area contributed by atoms with E-state index < -0.39 is 41.8 Å². The molecule has 218 valence electrons. The van der Waals surface area contributed by atoms with Gasteiger partial charge in [0, 0.05) is 32.6 Å². The van der Waals surface area contributed by atoms with Crippen LogP contribution in [0.15, 0.2) is 0 Å². The van der Waals surface area contributed by atoms with Crippen molar-refractivity contribution in [2.24, 2.45) is 5.92 Å². The normalized spacial score (nSPS) is 27.4. The Morgan fingerprint density at radius 2 is 1.70 bits per heavy atom. The standard InChI is InChI=1S/C27H52N2O8/c1-9-19(10-2)15-35-14-13-21(31)29-26(6,11-3)17-27(7,12-4)37-25-22(28-18(5)30)24(33)23(32)20(36-25)16-34-8/h19-20,22-25,32-33H,9-17H2,1-8H3,(H,28,30)(H,29,31). The molecule has 1 fully saturated rings. The molecule has 0 radical (unpaired) electrons. The molecule has 0 aliphatic carbocycles. The summed E-state index contributed by atoms with van der Waals surface area (Å²) in [6.07, 6.45) is -0.303. The number of nitrogens with one attached hydrogen (secondary N) is 2. The van der Waals surface area contributed by atoms with Gasteiger partial charge in [-0.25, -0.2) is 0 Å². The van der Waals surface area contributed by atoms with Crippen LogP contribution < -0.4 is 10.6 Å². The zero-order chi connectivity index (χ0) is 28.2. The average molecular weight is 533 g/mol. The van der Waals surface area contributed by atoms with Gasteiger partial charge in [-0.15, -0.1) is 0 Å². The van der Waals surface area contributed by atoms with Gasteiger partial charge in [-0.05, 0) is 39.0 Å². The van der Waals surface area contributed by atoms with Gasteiger partial charge in [-0.3, -0.25) is 9.59 Å². The van der Waals surface area contributed by atoms with Crippen LogP contribution >= 0.6 is 0 Å². The smallest absolute Gasteiger partial charge is 0.222 e.